The van der Waals surface area contributed by atoms with E-state index in [9.17, 15) is 18.8 Å². The van der Waals surface area contributed by atoms with Crippen molar-refractivity contribution in [1.29, 1.82) is 0 Å². The van der Waals surface area contributed by atoms with Crippen LogP contribution in [0.3, 0.4) is 0 Å². The molecule has 3 rings (SSSR count). The molecular formula is C22H29FN4O5. The summed E-state index contributed by atoms with van der Waals surface area (Å²) in [4.78, 5) is 36.5. The third-order valence-electron chi connectivity index (χ3n) is 5.53. The number of benzene rings is 1. The summed E-state index contributed by atoms with van der Waals surface area (Å²) in [6.45, 7) is 6.42. The molecule has 0 radical (unpaired) electrons. The van der Waals surface area contributed by atoms with E-state index in [4.69, 9.17) is 9.84 Å². The van der Waals surface area contributed by atoms with E-state index in [0.29, 0.717) is 25.1 Å². The maximum atomic E-state index is 14.7. The van der Waals surface area contributed by atoms with E-state index in [2.05, 4.69) is 15.7 Å². The number of ether oxygens (including phenoxy) is 1. The fraction of sp³-hybridized carbons (Fsp3) is 0.545. The molecule has 1 atom stereocenters. The summed E-state index contributed by atoms with van der Waals surface area (Å²) in [7, 11) is 0. The lowest BCUT2D eigenvalue weighted by molar-refractivity contribution is -0.138. The van der Waals surface area contributed by atoms with E-state index in [1.54, 1.807) is 26.8 Å². The minimum Gasteiger partial charge on any atom is -0.480 e. The minimum atomic E-state index is -1.19. The molecule has 9 nitrogen and oxygen atoms in total. The van der Waals surface area contributed by atoms with Gasteiger partial charge in [0.15, 0.2) is 5.69 Å². The van der Waals surface area contributed by atoms with Crippen molar-refractivity contribution in [2.24, 2.45) is 11.3 Å². The highest BCUT2D eigenvalue weighted by molar-refractivity contribution is 6.06. The molecule has 1 saturated heterocycles. The van der Waals surface area contributed by atoms with Crippen LogP contribution in [0.1, 0.15) is 44.1 Å². The number of hydrogen-bond donors (Lipinski definition) is 3. The molecular weight excluding hydrogens is 419 g/mol. The number of nitrogens with zero attached hydrogens (tertiary/aromatic N) is 2. The van der Waals surface area contributed by atoms with Gasteiger partial charge in [0, 0.05) is 25.1 Å². The van der Waals surface area contributed by atoms with Crippen molar-refractivity contribution in [3.63, 3.8) is 0 Å². The lowest BCUT2D eigenvalue weighted by Crippen LogP contribution is -2.54. The molecule has 1 aromatic carbocycles. The molecule has 0 aliphatic carbocycles. The third-order valence-corrected chi connectivity index (χ3v) is 5.53. The zero-order chi connectivity index (χ0) is 23.5. The normalized spacial score (nSPS) is 16.0. The maximum Gasteiger partial charge on any atom is 0.322 e. The molecule has 10 heteroatoms. The molecule has 2 amide bonds. The van der Waals surface area contributed by atoms with E-state index < -0.39 is 41.6 Å². The molecule has 0 spiro atoms. The van der Waals surface area contributed by atoms with Crippen molar-refractivity contribution in [3.8, 4) is 0 Å². The summed E-state index contributed by atoms with van der Waals surface area (Å²) in [6.07, 6.45) is 1.65. The smallest absolute Gasteiger partial charge is 0.322 e. The monoisotopic (exact) mass is 448 g/mol. The van der Waals surface area contributed by atoms with Gasteiger partial charge in [-0.15, -0.1) is 0 Å². The Morgan fingerprint density at radius 3 is 2.59 bits per heavy atom. The summed E-state index contributed by atoms with van der Waals surface area (Å²) in [5.74, 6) is -2.66. The number of aliphatic carboxylic acids is 1. The van der Waals surface area contributed by atoms with Gasteiger partial charge in [0.25, 0.3) is 5.91 Å². The van der Waals surface area contributed by atoms with Gasteiger partial charge in [-0.3, -0.25) is 19.1 Å². The highest BCUT2D eigenvalue weighted by Crippen LogP contribution is 2.26. The molecule has 2 heterocycles. The van der Waals surface area contributed by atoms with Crippen molar-refractivity contribution in [3.05, 3.63) is 29.7 Å². The Balaban J connectivity index is 1.90. The van der Waals surface area contributed by atoms with Gasteiger partial charge in [-0.1, -0.05) is 32.9 Å². The van der Waals surface area contributed by atoms with Crippen LogP contribution in [0.2, 0.25) is 0 Å². The van der Waals surface area contributed by atoms with E-state index in [0.717, 1.165) is 12.8 Å². The largest absolute Gasteiger partial charge is 0.480 e. The molecule has 174 valence electrons. The lowest BCUT2D eigenvalue weighted by atomic mass is 9.86. The number of rotatable bonds is 7. The van der Waals surface area contributed by atoms with Crippen LogP contribution >= 0.6 is 0 Å². The first-order valence-corrected chi connectivity index (χ1v) is 10.6. The number of carbonyl (C=O) groups is 3. The summed E-state index contributed by atoms with van der Waals surface area (Å²) < 4.78 is 21.6. The molecule has 1 aliphatic heterocycles. The predicted octanol–water partition coefficient (Wildman–Crippen LogP) is 1.95. The van der Waals surface area contributed by atoms with Gasteiger partial charge in [0.2, 0.25) is 5.91 Å². The van der Waals surface area contributed by atoms with Gasteiger partial charge in [-0.25, -0.2) is 4.39 Å². The Kier molecular flexibility index (Phi) is 7.12. The maximum absolute atomic E-state index is 14.7. The van der Waals surface area contributed by atoms with Gasteiger partial charge < -0.3 is 20.5 Å². The number of carbonyl (C=O) groups excluding carboxylic acids is 2. The number of para-hydroxylation sites is 1. The van der Waals surface area contributed by atoms with Crippen molar-refractivity contribution >= 4 is 28.7 Å². The van der Waals surface area contributed by atoms with Crippen molar-refractivity contribution < 1.29 is 28.6 Å². The zero-order valence-corrected chi connectivity index (χ0v) is 18.5. The van der Waals surface area contributed by atoms with Crippen molar-refractivity contribution in [2.75, 3.05) is 19.8 Å². The van der Waals surface area contributed by atoms with E-state index in [1.807, 2.05) is 0 Å². The second-order valence-corrected chi connectivity index (χ2v) is 9.11. The highest BCUT2D eigenvalue weighted by Gasteiger charge is 2.34. The van der Waals surface area contributed by atoms with Crippen LogP contribution in [0.15, 0.2) is 18.2 Å². The first kappa shape index (κ1) is 23.6. The minimum absolute atomic E-state index is 0.0202. The Bertz CT molecular complexity index is 1010. The number of hydrogen-bond acceptors (Lipinski definition) is 5. The molecule has 2 aromatic rings. The van der Waals surface area contributed by atoms with Crippen LogP contribution in [0.25, 0.3) is 10.9 Å². The van der Waals surface area contributed by atoms with Gasteiger partial charge in [0.1, 0.15) is 23.9 Å². The van der Waals surface area contributed by atoms with E-state index in [1.165, 1.54) is 16.8 Å². The predicted molar refractivity (Wildman–Crippen MR) is 115 cm³/mol. The second kappa shape index (κ2) is 9.64. The fourth-order valence-corrected chi connectivity index (χ4v) is 3.81. The van der Waals surface area contributed by atoms with E-state index >= 15 is 0 Å². The molecule has 0 saturated carbocycles. The van der Waals surface area contributed by atoms with Crippen molar-refractivity contribution in [2.45, 2.75) is 46.2 Å². The van der Waals surface area contributed by atoms with Gasteiger partial charge >= 0.3 is 5.97 Å². The molecule has 1 unspecified atom stereocenters. The molecule has 1 aromatic heterocycles. The van der Waals surface area contributed by atoms with Gasteiger partial charge in [0.05, 0.1) is 0 Å². The summed E-state index contributed by atoms with van der Waals surface area (Å²) in [6, 6.07) is 3.44. The number of carboxylic acid groups (broad SMARTS) is 1. The van der Waals surface area contributed by atoms with Crippen LogP contribution in [-0.2, 0) is 20.9 Å². The lowest BCUT2D eigenvalue weighted by Gasteiger charge is -2.30. The van der Waals surface area contributed by atoms with Crippen LogP contribution in [0, 0.1) is 17.2 Å². The number of nitrogens with one attached hydrogen (secondary N) is 2. The number of fused-ring (bicyclic) bond motifs is 1. The molecule has 3 N–H and O–H groups in total. The number of carboxylic acids is 1. The number of amides is 2. The quantitative estimate of drug-likeness (QED) is 0.595. The Hall–Kier alpha value is -3.01. The fourth-order valence-electron chi connectivity index (χ4n) is 3.81. The van der Waals surface area contributed by atoms with Crippen LogP contribution in [-0.4, -0.2) is 58.5 Å². The SMILES string of the molecule is CC(C)(C)C(NC(=O)c1nn(CC2CCOCC2)c2c(F)cccc12)C(=O)NCC(=O)O. The van der Waals surface area contributed by atoms with Crippen LogP contribution in [0.5, 0.6) is 0 Å². The molecule has 0 bridgehead atoms. The molecule has 1 fully saturated rings. The van der Waals surface area contributed by atoms with Crippen molar-refractivity contribution in [1.82, 2.24) is 20.4 Å². The Morgan fingerprint density at radius 2 is 1.97 bits per heavy atom. The van der Waals surface area contributed by atoms with E-state index in [-0.39, 0.29) is 17.1 Å². The summed E-state index contributed by atoms with van der Waals surface area (Å²) in [5.41, 5.74) is -0.442. The van der Waals surface area contributed by atoms with Crippen LogP contribution in [0.4, 0.5) is 4.39 Å². The Morgan fingerprint density at radius 1 is 1.28 bits per heavy atom. The van der Waals surface area contributed by atoms with Gasteiger partial charge in [-0.05, 0) is 30.2 Å². The third kappa shape index (κ3) is 5.42. The standard InChI is InChI=1S/C22H29FN4O5/c1-22(2,3)19(21(31)24-11-16(28)29)25-20(30)17-14-5-4-6-15(23)18(14)27(26-17)12-13-7-9-32-10-8-13/h4-6,13,19H,7-12H2,1-3H3,(H,24,31)(H,25,30)(H,28,29). The summed E-state index contributed by atoms with van der Waals surface area (Å²) in [5, 5.41) is 18.6. The first-order chi connectivity index (χ1) is 15.1. The second-order valence-electron chi connectivity index (χ2n) is 9.11. The zero-order valence-electron chi connectivity index (χ0n) is 18.5. The molecule has 1 aliphatic rings. The highest BCUT2D eigenvalue weighted by atomic mass is 19.1. The Labute approximate surface area is 185 Å². The summed E-state index contributed by atoms with van der Waals surface area (Å²) >= 11 is 0. The first-order valence-electron chi connectivity index (χ1n) is 10.6. The average molecular weight is 448 g/mol. The number of halogens is 1. The van der Waals surface area contributed by atoms with Gasteiger partial charge in [-0.2, -0.15) is 5.10 Å². The number of aromatic nitrogens is 2. The van der Waals surface area contributed by atoms with Crippen LogP contribution < -0.4 is 10.6 Å². The topological polar surface area (TPSA) is 123 Å². The average Bonchev–Trinajstić information content (AvgIpc) is 3.09. The molecule has 32 heavy (non-hydrogen) atoms.